The maximum atomic E-state index is 11.6. The summed E-state index contributed by atoms with van der Waals surface area (Å²) in [5.74, 6) is 2.06. The molecular formula is C16H30O. The van der Waals surface area contributed by atoms with Crippen LogP contribution < -0.4 is 0 Å². The molecule has 1 saturated carbocycles. The highest BCUT2D eigenvalue weighted by molar-refractivity contribution is 5.55. The molecule has 0 aromatic heterocycles. The summed E-state index contributed by atoms with van der Waals surface area (Å²) in [6.07, 6.45) is 3.66. The van der Waals surface area contributed by atoms with E-state index in [0.29, 0.717) is 11.8 Å². The van der Waals surface area contributed by atoms with Gasteiger partial charge >= 0.3 is 0 Å². The molecule has 1 fully saturated rings. The molecule has 0 N–H and O–H groups in total. The maximum absolute atomic E-state index is 11.6. The van der Waals surface area contributed by atoms with Gasteiger partial charge in [-0.1, -0.05) is 48.5 Å². The quantitative estimate of drug-likeness (QED) is 0.612. The number of rotatable bonds is 1. The highest BCUT2D eigenvalue weighted by atomic mass is 16.1. The van der Waals surface area contributed by atoms with Crippen molar-refractivity contribution in [3.05, 3.63) is 0 Å². The zero-order valence-electron chi connectivity index (χ0n) is 12.7. The van der Waals surface area contributed by atoms with Crippen LogP contribution in [-0.2, 0) is 4.79 Å². The van der Waals surface area contributed by atoms with Gasteiger partial charge in [-0.2, -0.15) is 0 Å². The van der Waals surface area contributed by atoms with Gasteiger partial charge < -0.3 is 4.79 Å². The Morgan fingerprint density at radius 3 is 1.47 bits per heavy atom. The Morgan fingerprint density at radius 2 is 1.24 bits per heavy atom. The van der Waals surface area contributed by atoms with Crippen molar-refractivity contribution in [1.82, 2.24) is 0 Å². The minimum Gasteiger partial charge on any atom is -0.303 e. The average molecular weight is 238 g/mol. The number of hydrogen-bond acceptors (Lipinski definition) is 1. The lowest BCUT2D eigenvalue weighted by molar-refractivity contribution is -0.122. The Balaban J connectivity index is 3.04. The van der Waals surface area contributed by atoms with Gasteiger partial charge in [-0.25, -0.2) is 0 Å². The van der Waals surface area contributed by atoms with Crippen LogP contribution in [0.4, 0.5) is 0 Å². The molecule has 0 amide bonds. The minimum atomic E-state index is 0.240. The van der Waals surface area contributed by atoms with Crippen LogP contribution in [0.25, 0.3) is 0 Å². The van der Waals surface area contributed by atoms with Crippen LogP contribution in [0.1, 0.15) is 61.3 Å². The third-order valence-corrected chi connectivity index (χ3v) is 4.62. The summed E-state index contributed by atoms with van der Waals surface area (Å²) in [5, 5.41) is 0. The number of carbonyl (C=O) groups is 1. The van der Waals surface area contributed by atoms with E-state index >= 15 is 0 Å². The van der Waals surface area contributed by atoms with Crippen molar-refractivity contribution in [1.29, 1.82) is 0 Å². The average Bonchev–Trinajstić information content (AvgIpc) is 2.13. The number of hydrogen-bond donors (Lipinski definition) is 0. The minimum absolute atomic E-state index is 0.240. The maximum Gasteiger partial charge on any atom is 0.123 e. The molecule has 1 aliphatic rings. The van der Waals surface area contributed by atoms with Crippen LogP contribution >= 0.6 is 0 Å². The molecule has 1 rings (SSSR count). The molecule has 0 saturated heterocycles. The fourth-order valence-corrected chi connectivity index (χ4v) is 3.61. The second-order valence-electron chi connectivity index (χ2n) is 8.24. The monoisotopic (exact) mass is 238 g/mol. The molecule has 0 aromatic rings. The van der Waals surface area contributed by atoms with Crippen molar-refractivity contribution >= 4 is 6.29 Å². The van der Waals surface area contributed by atoms with E-state index in [9.17, 15) is 4.79 Å². The highest BCUT2D eigenvalue weighted by Gasteiger charge is 2.45. The van der Waals surface area contributed by atoms with Crippen molar-refractivity contribution in [2.75, 3.05) is 0 Å². The van der Waals surface area contributed by atoms with E-state index in [4.69, 9.17) is 0 Å². The largest absolute Gasteiger partial charge is 0.303 e. The van der Waals surface area contributed by atoms with Crippen LogP contribution in [-0.4, -0.2) is 6.29 Å². The van der Waals surface area contributed by atoms with Crippen molar-refractivity contribution in [3.63, 3.8) is 0 Å². The summed E-state index contributed by atoms with van der Waals surface area (Å²) in [6, 6.07) is 0. The van der Waals surface area contributed by atoms with E-state index in [-0.39, 0.29) is 16.7 Å². The first-order valence-corrected chi connectivity index (χ1v) is 7.02. The molecule has 1 aliphatic carbocycles. The molecule has 0 aromatic carbocycles. The first-order valence-electron chi connectivity index (χ1n) is 7.02. The van der Waals surface area contributed by atoms with Crippen molar-refractivity contribution < 1.29 is 4.79 Å². The molecular weight excluding hydrogens is 208 g/mol. The van der Waals surface area contributed by atoms with Crippen molar-refractivity contribution in [2.45, 2.75) is 61.3 Å². The van der Waals surface area contributed by atoms with Crippen molar-refractivity contribution in [2.24, 2.45) is 34.5 Å². The van der Waals surface area contributed by atoms with E-state index < -0.39 is 0 Å². The molecule has 0 bridgehead atoms. The second kappa shape index (κ2) is 4.74. The van der Waals surface area contributed by atoms with Crippen LogP contribution in [0.5, 0.6) is 0 Å². The van der Waals surface area contributed by atoms with Gasteiger partial charge in [0, 0.05) is 5.92 Å². The van der Waals surface area contributed by atoms with Gasteiger partial charge in [0.1, 0.15) is 6.29 Å². The lowest BCUT2D eigenvalue weighted by Gasteiger charge is -2.49. The molecule has 0 radical (unpaired) electrons. The molecule has 2 atom stereocenters. The predicted octanol–water partition coefficient (Wildman–Crippen LogP) is 4.56. The van der Waals surface area contributed by atoms with Crippen LogP contribution in [0.15, 0.2) is 0 Å². The van der Waals surface area contributed by atoms with E-state index in [0.717, 1.165) is 5.92 Å². The topological polar surface area (TPSA) is 17.1 Å². The summed E-state index contributed by atoms with van der Waals surface area (Å²) in [5.41, 5.74) is 0.480. The first kappa shape index (κ1) is 14.7. The third-order valence-electron chi connectivity index (χ3n) is 4.62. The Labute approximate surface area is 107 Å². The lowest BCUT2D eigenvalue weighted by Crippen LogP contribution is -2.44. The standard InChI is InChI=1S/C16H30O/c1-11-8-13(15(2,3)4)12(10-17)14(9-11)16(5,6)7/h10-14H,8-9H2,1-7H3. The van der Waals surface area contributed by atoms with Crippen LogP contribution in [0.3, 0.4) is 0 Å². The zero-order chi connectivity index (χ0) is 13.4. The first-order chi connectivity index (χ1) is 7.57. The highest BCUT2D eigenvalue weighted by Crippen LogP contribution is 2.50. The Morgan fingerprint density at radius 1 is 0.882 bits per heavy atom. The van der Waals surface area contributed by atoms with E-state index in [1.807, 2.05) is 0 Å². The number of aldehydes is 1. The van der Waals surface area contributed by atoms with E-state index in [1.165, 1.54) is 19.1 Å². The van der Waals surface area contributed by atoms with Gasteiger partial charge in [0.25, 0.3) is 0 Å². The molecule has 2 unspecified atom stereocenters. The summed E-state index contributed by atoms with van der Waals surface area (Å²) >= 11 is 0. The Kier molecular flexibility index (Phi) is 4.11. The summed E-state index contributed by atoms with van der Waals surface area (Å²) in [6.45, 7) is 16.0. The molecule has 0 aliphatic heterocycles. The van der Waals surface area contributed by atoms with Crippen molar-refractivity contribution in [3.8, 4) is 0 Å². The third kappa shape index (κ3) is 3.33. The van der Waals surface area contributed by atoms with Gasteiger partial charge in [-0.3, -0.25) is 0 Å². The van der Waals surface area contributed by atoms with E-state index in [2.05, 4.69) is 48.5 Å². The van der Waals surface area contributed by atoms with Crippen LogP contribution in [0, 0.1) is 34.5 Å². The SMILES string of the molecule is CC1CC(C(C)(C)C)C(C=O)C(C(C)(C)C)C1. The lowest BCUT2D eigenvalue weighted by atomic mass is 9.55. The van der Waals surface area contributed by atoms with Gasteiger partial charge in [-0.15, -0.1) is 0 Å². The molecule has 0 heterocycles. The Hall–Kier alpha value is -0.330. The summed E-state index contributed by atoms with van der Waals surface area (Å²) < 4.78 is 0. The fraction of sp³-hybridized carbons (Fsp3) is 0.938. The molecule has 1 nitrogen and oxygen atoms in total. The molecule has 0 spiro atoms. The molecule has 1 heteroatoms. The Bertz CT molecular complexity index is 242. The summed E-state index contributed by atoms with van der Waals surface area (Å²) in [4.78, 5) is 11.6. The molecule has 100 valence electrons. The van der Waals surface area contributed by atoms with Crippen LogP contribution in [0.2, 0.25) is 0 Å². The number of carbonyl (C=O) groups excluding carboxylic acids is 1. The smallest absolute Gasteiger partial charge is 0.123 e. The van der Waals surface area contributed by atoms with E-state index in [1.54, 1.807) is 0 Å². The normalized spacial score (nSPS) is 35.7. The van der Waals surface area contributed by atoms with Gasteiger partial charge in [-0.05, 0) is 41.4 Å². The zero-order valence-corrected chi connectivity index (χ0v) is 12.7. The molecule has 17 heavy (non-hydrogen) atoms. The second-order valence-corrected chi connectivity index (χ2v) is 8.24. The summed E-state index contributed by atoms with van der Waals surface area (Å²) in [7, 11) is 0. The van der Waals surface area contributed by atoms with Gasteiger partial charge in [0.15, 0.2) is 0 Å². The fourth-order valence-electron chi connectivity index (χ4n) is 3.61. The van der Waals surface area contributed by atoms with Gasteiger partial charge in [0.2, 0.25) is 0 Å². The predicted molar refractivity (Wildman–Crippen MR) is 73.8 cm³/mol. The van der Waals surface area contributed by atoms with Gasteiger partial charge in [0.05, 0.1) is 0 Å².